The molecule has 0 aliphatic rings. The molecule has 26 heavy (non-hydrogen) atoms. The third-order valence-corrected chi connectivity index (χ3v) is 4.42. The van der Waals surface area contributed by atoms with Crippen LogP contribution in [0.3, 0.4) is 0 Å². The van der Waals surface area contributed by atoms with Crippen LogP contribution in [0.4, 0.5) is 5.82 Å². The SMILES string of the molecule is Cc1nc2ccccc2n1CCNc1ccc2nnc(C(C)(C)C)n2n1. The van der Waals surface area contributed by atoms with Gasteiger partial charge in [-0.3, -0.25) is 0 Å². The second-order valence-corrected chi connectivity index (χ2v) is 7.49. The van der Waals surface area contributed by atoms with Crippen LogP contribution in [0.2, 0.25) is 0 Å². The Bertz CT molecular complexity index is 1070. The summed E-state index contributed by atoms with van der Waals surface area (Å²) in [4.78, 5) is 4.61. The van der Waals surface area contributed by atoms with Gasteiger partial charge in [0.05, 0.1) is 11.0 Å². The van der Waals surface area contributed by atoms with Crippen molar-refractivity contribution in [3.63, 3.8) is 0 Å². The van der Waals surface area contributed by atoms with E-state index in [-0.39, 0.29) is 5.41 Å². The van der Waals surface area contributed by atoms with Crippen LogP contribution in [0.15, 0.2) is 36.4 Å². The van der Waals surface area contributed by atoms with Gasteiger partial charge in [0.2, 0.25) is 0 Å². The Hall–Kier alpha value is -2.96. The van der Waals surface area contributed by atoms with E-state index in [2.05, 4.69) is 57.0 Å². The van der Waals surface area contributed by atoms with E-state index < -0.39 is 0 Å². The maximum atomic E-state index is 4.66. The van der Waals surface area contributed by atoms with Gasteiger partial charge in [-0.05, 0) is 31.2 Å². The molecular formula is C19H23N7. The molecule has 7 heteroatoms. The summed E-state index contributed by atoms with van der Waals surface area (Å²) >= 11 is 0. The molecule has 4 rings (SSSR count). The fourth-order valence-electron chi connectivity index (χ4n) is 3.12. The molecule has 3 aromatic heterocycles. The van der Waals surface area contributed by atoms with Crippen molar-refractivity contribution in [2.45, 2.75) is 39.7 Å². The zero-order valence-corrected chi connectivity index (χ0v) is 15.6. The third kappa shape index (κ3) is 2.89. The van der Waals surface area contributed by atoms with Crippen molar-refractivity contribution < 1.29 is 0 Å². The molecule has 3 heterocycles. The lowest BCUT2D eigenvalue weighted by atomic mass is 9.96. The van der Waals surface area contributed by atoms with E-state index in [1.54, 1.807) is 0 Å². The molecule has 0 spiro atoms. The van der Waals surface area contributed by atoms with Gasteiger partial charge in [0.15, 0.2) is 11.5 Å². The highest BCUT2D eigenvalue weighted by atomic mass is 15.4. The van der Waals surface area contributed by atoms with Crippen LogP contribution in [0.25, 0.3) is 16.7 Å². The number of hydrogen-bond donors (Lipinski definition) is 1. The van der Waals surface area contributed by atoms with Crippen LogP contribution < -0.4 is 5.32 Å². The topological polar surface area (TPSA) is 72.9 Å². The molecule has 0 unspecified atom stereocenters. The van der Waals surface area contributed by atoms with E-state index in [0.29, 0.717) is 0 Å². The Labute approximate surface area is 152 Å². The van der Waals surface area contributed by atoms with Crippen molar-refractivity contribution in [3.8, 4) is 0 Å². The average Bonchev–Trinajstić information content (AvgIpc) is 3.15. The number of rotatable bonds is 4. The second-order valence-electron chi connectivity index (χ2n) is 7.49. The van der Waals surface area contributed by atoms with Crippen LogP contribution in [0.5, 0.6) is 0 Å². The minimum Gasteiger partial charge on any atom is -0.367 e. The van der Waals surface area contributed by atoms with E-state index >= 15 is 0 Å². The van der Waals surface area contributed by atoms with Crippen molar-refractivity contribution in [1.82, 2.24) is 29.4 Å². The Kier molecular flexibility index (Phi) is 3.86. The number of aromatic nitrogens is 6. The number of fused-ring (bicyclic) bond motifs is 2. The van der Waals surface area contributed by atoms with Crippen molar-refractivity contribution >= 4 is 22.5 Å². The van der Waals surface area contributed by atoms with E-state index in [1.165, 1.54) is 0 Å². The second kappa shape index (κ2) is 6.09. The normalized spacial score (nSPS) is 12.2. The van der Waals surface area contributed by atoms with Gasteiger partial charge in [0.25, 0.3) is 0 Å². The average molecular weight is 349 g/mol. The van der Waals surface area contributed by atoms with Crippen molar-refractivity contribution in [2.24, 2.45) is 0 Å². The number of benzene rings is 1. The molecule has 4 aromatic rings. The Morgan fingerprint density at radius 3 is 2.65 bits per heavy atom. The Morgan fingerprint density at radius 1 is 1.04 bits per heavy atom. The number of imidazole rings is 1. The van der Waals surface area contributed by atoms with Gasteiger partial charge in [-0.1, -0.05) is 32.9 Å². The van der Waals surface area contributed by atoms with Crippen LogP contribution in [0, 0.1) is 6.92 Å². The number of para-hydroxylation sites is 2. The van der Waals surface area contributed by atoms with Gasteiger partial charge in [0.1, 0.15) is 11.6 Å². The zero-order valence-electron chi connectivity index (χ0n) is 15.6. The lowest BCUT2D eigenvalue weighted by Gasteiger charge is -2.15. The first-order valence-electron chi connectivity index (χ1n) is 8.82. The molecule has 1 aromatic carbocycles. The zero-order chi connectivity index (χ0) is 18.3. The van der Waals surface area contributed by atoms with Gasteiger partial charge in [0, 0.05) is 18.5 Å². The number of hydrogen-bond acceptors (Lipinski definition) is 5. The van der Waals surface area contributed by atoms with Gasteiger partial charge < -0.3 is 9.88 Å². The highest BCUT2D eigenvalue weighted by Crippen LogP contribution is 2.21. The molecule has 0 saturated heterocycles. The maximum Gasteiger partial charge on any atom is 0.178 e. The molecule has 134 valence electrons. The van der Waals surface area contributed by atoms with E-state index in [4.69, 9.17) is 0 Å². The highest BCUT2D eigenvalue weighted by Gasteiger charge is 2.21. The molecule has 0 atom stereocenters. The summed E-state index contributed by atoms with van der Waals surface area (Å²) in [5, 5.41) is 16.5. The minimum atomic E-state index is -0.113. The third-order valence-electron chi connectivity index (χ3n) is 4.42. The molecule has 0 fully saturated rings. The predicted octanol–water partition coefficient (Wildman–Crippen LogP) is 3.19. The number of anilines is 1. The smallest absolute Gasteiger partial charge is 0.178 e. The van der Waals surface area contributed by atoms with Crippen molar-refractivity contribution in [1.29, 1.82) is 0 Å². The maximum absolute atomic E-state index is 4.66. The standard InChI is InChI=1S/C19H23N7/c1-13-21-14-7-5-6-8-15(14)25(13)12-11-20-16-9-10-17-22-23-18(19(2,3)4)26(17)24-16/h5-10H,11-12H2,1-4H3,(H,20,24). The molecule has 1 N–H and O–H groups in total. The first-order valence-corrected chi connectivity index (χ1v) is 8.82. The first kappa shape index (κ1) is 16.5. The fraction of sp³-hybridized carbons (Fsp3) is 0.368. The van der Waals surface area contributed by atoms with Crippen LogP contribution >= 0.6 is 0 Å². The summed E-state index contributed by atoms with van der Waals surface area (Å²) in [5.74, 6) is 2.68. The van der Waals surface area contributed by atoms with Gasteiger partial charge >= 0.3 is 0 Å². The van der Waals surface area contributed by atoms with Crippen LogP contribution in [0.1, 0.15) is 32.4 Å². The van der Waals surface area contributed by atoms with Crippen LogP contribution in [-0.2, 0) is 12.0 Å². The molecule has 0 saturated carbocycles. The Morgan fingerprint density at radius 2 is 1.85 bits per heavy atom. The number of nitrogens with one attached hydrogen (secondary N) is 1. The van der Waals surface area contributed by atoms with Crippen LogP contribution in [-0.4, -0.2) is 35.9 Å². The van der Waals surface area contributed by atoms with E-state index in [9.17, 15) is 0 Å². The summed E-state index contributed by atoms with van der Waals surface area (Å²) in [7, 11) is 0. The van der Waals surface area contributed by atoms with Crippen molar-refractivity contribution in [3.05, 3.63) is 48.0 Å². The molecule has 0 radical (unpaired) electrons. The summed E-state index contributed by atoms with van der Waals surface area (Å²) in [5.41, 5.74) is 2.84. The summed E-state index contributed by atoms with van der Waals surface area (Å²) in [6.07, 6.45) is 0. The monoisotopic (exact) mass is 349 g/mol. The summed E-state index contributed by atoms with van der Waals surface area (Å²) in [6, 6.07) is 12.1. The molecule has 0 aliphatic carbocycles. The fourth-order valence-corrected chi connectivity index (χ4v) is 3.12. The number of nitrogens with zero attached hydrogens (tertiary/aromatic N) is 6. The molecule has 0 aliphatic heterocycles. The lowest BCUT2D eigenvalue weighted by molar-refractivity contribution is 0.527. The minimum absolute atomic E-state index is 0.113. The summed E-state index contributed by atoms with van der Waals surface area (Å²) in [6.45, 7) is 9.94. The highest BCUT2D eigenvalue weighted by molar-refractivity contribution is 5.75. The quantitative estimate of drug-likeness (QED) is 0.612. The first-order chi connectivity index (χ1) is 12.4. The van der Waals surface area contributed by atoms with Gasteiger partial charge in [-0.25, -0.2) is 4.98 Å². The van der Waals surface area contributed by atoms with Gasteiger partial charge in [-0.2, -0.15) is 4.52 Å². The molecule has 0 bridgehead atoms. The molecule has 0 amide bonds. The van der Waals surface area contributed by atoms with Gasteiger partial charge in [-0.15, -0.1) is 15.3 Å². The predicted molar refractivity (Wildman–Crippen MR) is 102 cm³/mol. The molecule has 7 nitrogen and oxygen atoms in total. The van der Waals surface area contributed by atoms with E-state index in [1.807, 2.05) is 41.8 Å². The Balaban J connectivity index is 1.53. The van der Waals surface area contributed by atoms with Crippen molar-refractivity contribution in [2.75, 3.05) is 11.9 Å². The number of aryl methyl sites for hydroxylation is 1. The lowest BCUT2D eigenvalue weighted by Crippen LogP contribution is -2.18. The molecular weight excluding hydrogens is 326 g/mol. The largest absolute Gasteiger partial charge is 0.367 e. The van der Waals surface area contributed by atoms with E-state index in [0.717, 1.165) is 47.2 Å². The summed E-state index contributed by atoms with van der Waals surface area (Å²) < 4.78 is 4.04.